The quantitative estimate of drug-likeness (QED) is 0.604. The molecule has 1 unspecified atom stereocenters. The molecule has 0 heterocycles. The summed E-state index contributed by atoms with van der Waals surface area (Å²) >= 11 is 1.75. The van der Waals surface area contributed by atoms with Gasteiger partial charge in [-0.05, 0) is 33.2 Å². The lowest BCUT2D eigenvalue weighted by atomic mass is 10.2. The van der Waals surface area contributed by atoms with Gasteiger partial charge in [0.2, 0.25) is 5.91 Å². The van der Waals surface area contributed by atoms with Gasteiger partial charge in [-0.2, -0.15) is 11.8 Å². The number of carbonyl (C=O) groups is 1. The molecule has 0 spiro atoms. The number of rotatable bonds is 7. The molecule has 0 rings (SSSR count). The molecule has 2 N–H and O–H groups in total. The third-order valence-electron chi connectivity index (χ3n) is 1.65. The maximum Gasteiger partial charge on any atom is 0.220 e. The van der Waals surface area contributed by atoms with Gasteiger partial charge in [0.1, 0.15) is 0 Å². The molecule has 0 fully saturated rings. The van der Waals surface area contributed by atoms with Crippen LogP contribution in [0.2, 0.25) is 0 Å². The van der Waals surface area contributed by atoms with Gasteiger partial charge in [0, 0.05) is 18.2 Å². The Kier molecular flexibility index (Phi) is 8.24. The van der Waals surface area contributed by atoms with E-state index in [0.717, 1.165) is 18.7 Å². The lowest BCUT2D eigenvalue weighted by molar-refractivity contribution is -0.121. The number of nitrogens with one attached hydrogen (secondary N) is 2. The van der Waals surface area contributed by atoms with E-state index in [0.29, 0.717) is 6.42 Å². The van der Waals surface area contributed by atoms with Crippen LogP contribution in [0.1, 0.15) is 19.8 Å². The standard InChI is InChI=1S/C9H20N2OS/c1-8(7-13-3)11-9(12)5-4-6-10-2/h8,10H,4-7H2,1-3H3,(H,11,12). The van der Waals surface area contributed by atoms with Crippen molar-refractivity contribution < 1.29 is 4.79 Å². The van der Waals surface area contributed by atoms with E-state index in [9.17, 15) is 4.79 Å². The Morgan fingerprint density at radius 2 is 2.23 bits per heavy atom. The molecule has 0 aromatic carbocycles. The highest BCUT2D eigenvalue weighted by atomic mass is 32.2. The molecule has 0 radical (unpaired) electrons. The highest BCUT2D eigenvalue weighted by molar-refractivity contribution is 7.98. The van der Waals surface area contributed by atoms with E-state index in [1.807, 2.05) is 20.2 Å². The van der Waals surface area contributed by atoms with Crippen molar-refractivity contribution >= 4 is 17.7 Å². The Morgan fingerprint density at radius 3 is 2.77 bits per heavy atom. The van der Waals surface area contributed by atoms with Gasteiger partial charge in [-0.1, -0.05) is 0 Å². The van der Waals surface area contributed by atoms with Crippen LogP contribution in [0.4, 0.5) is 0 Å². The lowest BCUT2D eigenvalue weighted by Crippen LogP contribution is -2.34. The highest BCUT2D eigenvalue weighted by Crippen LogP contribution is 1.97. The minimum Gasteiger partial charge on any atom is -0.353 e. The van der Waals surface area contributed by atoms with Gasteiger partial charge < -0.3 is 10.6 Å². The maximum absolute atomic E-state index is 11.3. The number of thioether (sulfide) groups is 1. The second-order valence-corrected chi connectivity index (χ2v) is 4.04. The smallest absolute Gasteiger partial charge is 0.220 e. The zero-order valence-corrected chi connectivity index (χ0v) is 9.54. The van der Waals surface area contributed by atoms with Crippen molar-refractivity contribution in [2.24, 2.45) is 0 Å². The van der Waals surface area contributed by atoms with Crippen LogP contribution >= 0.6 is 11.8 Å². The zero-order chi connectivity index (χ0) is 10.1. The molecule has 0 bridgehead atoms. The minimum absolute atomic E-state index is 0.164. The first kappa shape index (κ1) is 12.8. The Labute approximate surface area is 85.0 Å². The average molecular weight is 204 g/mol. The summed E-state index contributed by atoms with van der Waals surface area (Å²) in [5.74, 6) is 1.15. The first-order valence-corrected chi connectivity index (χ1v) is 6.03. The molecular formula is C9H20N2OS. The summed E-state index contributed by atoms with van der Waals surface area (Å²) in [6.07, 6.45) is 3.58. The van der Waals surface area contributed by atoms with Gasteiger partial charge in [-0.15, -0.1) is 0 Å². The van der Waals surface area contributed by atoms with Crippen LogP contribution in [-0.2, 0) is 4.79 Å². The van der Waals surface area contributed by atoms with E-state index < -0.39 is 0 Å². The first-order chi connectivity index (χ1) is 6.20. The Hall–Kier alpha value is -0.220. The van der Waals surface area contributed by atoms with Gasteiger partial charge in [0.15, 0.2) is 0 Å². The highest BCUT2D eigenvalue weighted by Gasteiger charge is 2.05. The molecule has 0 aromatic rings. The van der Waals surface area contributed by atoms with Crippen molar-refractivity contribution in [2.75, 3.05) is 25.6 Å². The fourth-order valence-electron chi connectivity index (χ4n) is 1.06. The SMILES string of the molecule is CNCCCC(=O)NC(C)CSC. The van der Waals surface area contributed by atoms with E-state index in [4.69, 9.17) is 0 Å². The van der Waals surface area contributed by atoms with Crippen LogP contribution in [-0.4, -0.2) is 37.6 Å². The van der Waals surface area contributed by atoms with Crippen molar-refractivity contribution in [3.63, 3.8) is 0 Å². The van der Waals surface area contributed by atoms with Gasteiger partial charge in [-0.25, -0.2) is 0 Å². The zero-order valence-electron chi connectivity index (χ0n) is 8.72. The molecule has 3 nitrogen and oxygen atoms in total. The summed E-state index contributed by atoms with van der Waals surface area (Å²) < 4.78 is 0. The summed E-state index contributed by atoms with van der Waals surface area (Å²) in [6.45, 7) is 2.94. The van der Waals surface area contributed by atoms with Crippen LogP contribution in [0.3, 0.4) is 0 Å². The van der Waals surface area contributed by atoms with E-state index in [1.54, 1.807) is 11.8 Å². The fraction of sp³-hybridized carbons (Fsp3) is 0.889. The van der Waals surface area contributed by atoms with Gasteiger partial charge in [-0.3, -0.25) is 4.79 Å². The normalized spacial score (nSPS) is 12.5. The predicted molar refractivity (Wildman–Crippen MR) is 59.1 cm³/mol. The van der Waals surface area contributed by atoms with E-state index in [-0.39, 0.29) is 11.9 Å². The third-order valence-corrected chi connectivity index (χ3v) is 2.49. The largest absolute Gasteiger partial charge is 0.353 e. The summed E-state index contributed by atoms with van der Waals surface area (Å²) in [5.41, 5.74) is 0. The summed E-state index contributed by atoms with van der Waals surface area (Å²) in [7, 11) is 1.90. The molecule has 1 atom stereocenters. The Balaban J connectivity index is 3.38. The van der Waals surface area contributed by atoms with E-state index in [2.05, 4.69) is 10.6 Å². The van der Waals surface area contributed by atoms with Gasteiger partial charge >= 0.3 is 0 Å². The van der Waals surface area contributed by atoms with Crippen LogP contribution in [0.25, 0.3) is 0 Å². The molecule has 0 aliphatic rings. The molecule has 1 amide bonds. The van der Waals surface area contributed by atoms with Crippen molar-refractivity contribution in [1.29, 1.82) is 0 Å². The monoisotopic (exact) mass is 204 g/mol. The Bertz CT molecular complexity index is 142. The van der Waals surface area contributed by atoms with Crippen LogP contribution in [0.15, 0.2) is 0 Å². The number of carbonyl (C=O) groups excluding carboxylic acids is 1. The lowest BCUT2D eigenvalue weighted by Gasteiger charge is -2.11. The number of hydrogen-bond acceptors (Lipinski definition) is 3. The summed E-state index contributed by atoms with van der Waals surface area (Å²) in [5, 5.41) is 5.97. The van der Waals surface area contributed by atoms with Crippen LogP contribution in [0, 0.1) is 0 Å². The molecular weight excluding hydrogens is 184 g/mol. The topological polar surface area (TPSA) is 41.1 Å². The molecule has 0 aromatic heterocycles. The average Bonchev–Trinajstić information content (AvgIpc) is 2.05. The maximum atomic E-state index is 11.3. The van der Waals surface area contributed by atoms with Crippen LogP contribution in [0.5, 0.6) is 0 Å². The molecule has 0 saturated heterocycles. The predicted octanol–water partition coefficient (Wildman–Crippen LogP) is 0.854. The molecule has 78 valence electrons. The van der Waals surface area contributed by atoms with Crippen molar-refractivity contribution in [3.8, 4) is 0 Å². The minimum atomic E-state index is 0.164. The van der Waals surface area contributed by atoms with E-state index in [1.165, 1.54) is 0 Å². The number of amides is 1. The third kappa shape index (κ3) is 8.12. The second-order valence-electron chi connectivity index (χ2n) is 3.13. The second kappa shape index (κ2) is 8.38. The van der Waals surface area contributed by atoms with Gasteiger partial charge in [0.05, 0.1) is 0 Å². The van der Waals surface area contributed by atoms with Crippen molar-refractivity contribution in [2.45, 2.75) is 25.8 Å². The molecule has 0 aliphatic carbocycles. The summed E-state index contributed by atoms with van der Waals surface area (Å²) in [4.78, 5) is 11.3. The van der Waals surface area contributed by atoms with Crippen molar-refractivity contribution in [1.82, 2.24) is 10.6 Å². The molecule has 0 aliphatic heterocycles. The fourth-order valence-corrected chi connectivity index (χ4v) is 1.65. The summed E-state index contributed by atoms with van der Waals surface area (Å²) in [6, 6.07) is 0.289. The van der Waals surface area contributed by atoms with E-state index >= 15 is 0 Å². The number of hydrogen-bond donors (Lipinski definition) is 2. The Morgan fingerprint density at radius 1 is 1.54 bits per heavy atom. The molecule has 0 saturated carbocycles. The van der Waals surface area contributed by atoms with Crippen molar-refractivity contribution in [3.05, 3.63) is 0 Å². The first-order valence-electron chi connectivity index (χ1n) is 4.63. The van der Waals surface area contributed by atoms with Crippen LogP contribution < -0.4 is 10.6 Å². The molecule has 4 heteroatoms. The van der Waals surface area contributed by atoms with Gasteiger partial charge in [0.25, 0.3) is 0 Å². The molecule has 13 heavy (non-hydrogen) atoms.